The maximum atomic E-state index is 11.6. The van der Waals surface area contributed by atoms with Gasteiger partial charge in [0.1, 0.15) is 0 Å². The summed E-state index contributed by atoms with van der Waals surface area (Å²) < 4.78 is 1.81. The molecule has 15 heavy (non-hydrogen) atoms. The maximum absolute atomic E-state index is 11.6. The minimum absolute atomic E-state index is 0.00974. The Bertz CT molecular complexity index is 457. The second-order valence-corrected chi connectivity index (χ2v) is 5.08. The molecule has 1 aliphatic rings. The van der Waals surface area contributed by atoms with Gasteiger partial charge in [0.15, 0.2) is 0 Å². The third kappa shape index (κ3) is 2.13. The Morgan fingerprint density at radius 2 is 2.13 bits per heavy atom. The minimum atomic E-state index is 0.00974. The van der Waals surface area contributed by atoms with E-state index in [1.807, 2.05) is 25.1 Å². The van der Waals surface area contributed by atoms with Crippen LogP contribution in [0.2, 0.25) is 0 Å². The molecule has 0 radical (unpaired) electrons. The fourth-order valence-corrected chi connectivity index (χ4v) is 2.61. The minimum Gasteiger partial charge on any atom is -0.272 e. The summed E-state index contributed by atoms with van der Waals surface area (Å²) in [5.41, 5.74) is 1.62. The zero-order chi connectivity index (χ0) is 11.0. The monoisotopic (exact) mass is 330 g/mol. The van der Waals surface area contributed by atoms with Gasteiger partial charge in [-0.05, 0) is 41.1 Å². The molecule has 0 saturated heterocycles. The van der Waals surface area contributed by atoms with Crippen molar-refractivity contribution < 1.29 is 4.79 Å². The Morgan fingerprint density at radius 1 is 1.40 bits per heavy atom. The zero-order valence-corrected chi connectivity index (χ0v) is 11.2. The van der Waals surface area contributed by atoms with Crippen LogP contribution in [0.15, 0.2) is 32.2 Å². The Balaban J connectivity index is 2.42. The van der Waals surface area contributed by atoms with Gasteiger partial charge in [0.05, 0.1) is 12.1 Å². The highest BCUT2D eigenvalue weighted by Gasteiger charge is 2.24. The number of benzene rings is 1. The highest BCUT2D eigenvalue weighted by molar-refractivity contribution is 9.11. The molecule has 0 unspecified atom stereocenters. The SMILES string of the molecule is CC1=NN(c2ccc(Br)cc2Br)C(=O)C1. The predicted molar refractivity (Wildman–Crippen MR) is 67.1 cm³/mol. The Labute approximate surface area is 104 Å². The molecular weight excluding hydrogens is 324 g/mol. The van der Waals surface area contributed by atoms with Crippen LogP contribution in [-0.2, 0) is 4.79 Å². The summed E-state index contributed by atoms with van der Waals surface area (Å²) >= 11 is 6.77. The van der Waals surface area contributed by atoms with Gasteiger partial charge in [0, 0.05) is 14.7 Å². The fraction of sp³-hybridized carbons (Fsp3) is 0.200. The number of amides is 1. The predicted octanol–water partition coefficient (Wildman–Crippen LogP) is 3.32. The van der Waals surface area contributed by atoms with Crippen LogP contribution >= 0.6 is 31.9 Å². The fourth-order valence-electron chi connectivity index (χ4n) is 1.40. The first-order valence-electron chi connectivity index (χ1n) is 4.40. The number of hydrogen-bond acceptors (Lipinski definition) is 2. The smallest absolute Gasteiger partial charge is 0.253 e. The first-order chi connectivity index (χ1) is 7.08. The van der Waals surface area contributed by atoms with Crippen molar-refractivity contribution in [3.05, 3.63) is 27.1 Å². The van der Waals surface area contributed by atoms with Crippen LogP contribution < -0.4 is 5.01 Å². The lowest BCUT2D eigenvalue weighted by molar-refractivity contribution is -0.116. The standard InChI is InChI=1S/C10H8Br2N2O/c1-6-4-10(15)14(13-6)9-3-2-7(11)5-8(9)12/h2-3,5H,4H2,1H3. The molecule has 0 fully saturated rings. The summed E-state index contributed by atoms with van der Waals surface area (Å²) in [5, 5.41) is 5.62. The van der Waals surface area contributed by atoms with Crippen LogP contribution in [0.1, 0.15) is 13.3 Å². The lowest BCUT2D eigenvalue weighted by Crippen LogP contribution is -2.19. The van der Waals surface area contributed by atoms with Crippen molar-refractivity contribution in [2.75, 3.05) is 5.01 Å². The number of carbonyl (C=O) groups is 1. The maximum Gasteiger partial charge on any atom is 0.253 e. The summed E-state index contributed by atoms with van der Waals surface area (Å²) in [5.74, 6) is 0.00974. The molecule has 0 aliphatic carbocycles. The summed E-state index contributed by atoms with van der Waals surface area (Å²) in [6.45, 7) is 1.85. The van der Waals surface area contributed by atoms with Crippen LogP contribution in [0.3, 0.4) is 0 Å². The Hall–Kier alpha value is -0.680. The Morgan fingerprint density at radius 3 is 2.67 bits per heavy atom. The largest absolute Gasteiger partial charge is 0.272 e. The number of nitrogens with zero attached hydrogens (tertiary/aromatic N) is 2. The van der Waals surface area contributed by atoms with Gasteiger partial charge in [0.25, 0.3) is 5.91 Å². The molecule has 0 spiro atoms. The van der Waals surface area contributed by atoms with E-state index in [9.17, 15) is 4.79 Å². The third-order valence-corrected chi connectivity index (χ3v) is 3.18. The van der Waals surface area contributed by atoms with Crippen molar-refractivity contribution >= 4 is 49.2 Å². The van der Waals surface area contributed by atoms with Gasteiger partial charge in [0.2, 0.25) is 0 Å². The van der Waals surface area contributed by atoms with E-state index in [2.05, 4.69) is 37.0 Å². The topological polar surface area (TPSA) is 32.7 Å². The van der Waals surface area contributed by atoms with Crippen LogP contribution in [0.25, 0.3) is 0 Å². The molecule has 0 aromatic heterocycles. The average molecular weight is 332 g/mol. The summed E-state index contributed by atoms with van der Waals surface area (Å²) in [6, 6.07) is 5.64. The lowest BCUT2D eigenvalue weighted by Gasteiger charge is -2.13. The molecule has 0 bridgehead atoms. The molecule has 1 amide bonds. The molecule has 0 saturated carbocycles. The Kier molecular flexibility index (Phi) is 2.93. The lowest BCUT2D eigenvalue weighted by atomic mass is 10.3. The van der Waals surface area contributed by atoms with E-state index < -0.39 is 0 Å². The number of hydrazone groups is 1. The van der Waals surface area contributed by atoms with Crippen molar-refractivity contribution in [3.8, 4) is 0 Å². The van der Waals surface area contributed by atoms with Crippen molar-refractivity contribution in [2.45, 2.75) is 13.3 Å². The van der Waals surface area contributed by atoms with Gasteiger partial charge < -0.3 is 0 Å². The molecule has 2 rings (SSSR count). The van der Waals surface area contributed by atoms with E-state index in [0.29, 0.717) is 6.42 Å². The highest BCUT2D eigenvalue weighted by Crippen LogP contribution is 2.31. The number of rotatable bonds is 1. The second kappa shape index (κ2) is 4.06. The number of halogens is 2. The summed E-state index contributed by atoms with van der Waals surface area (Å²) in [7, 11) is 0. The van der Waals surface area contributed by atoms with Crippen LogP contribution in [0.5, 0.6) is 0 Å². The molecular formula is C10H8Br2N2O. The molecule has 1 aliphatic heterocycles. The first-order valence-corrected chi connectivity index (χ1v) is 5.98. The van der Waals surface area contributed by atoms with E-state index >= 15 is 0 Å². The van der Waals surface area contributed by atoms with Gasteiger partial charge in [-0.1, -0.05) is 15.9 Å². The number of hydrogen-bond donors (Lipinski definition) is 0. The van der Waals surface area contributed by atoms with E-state index in [0.717, 1.165) is 20.3 Å². The quantitative estimate of drug-likeness (QED) is 0.777. The van der Waals surface area contributed by atoms with E-state index in [-0.39, 0.29) is 5.91 Å². The second-order valence-electron chi connectivity index (χ2n) is 3.31. The van der Waals surface area contributed by atoms with Crippen LogP contribution in [-0.4, -0.2) is 11.6 Å². The normalized spacial score (nSPS) is 15.8. The van der Waals surface area contributed by atoms with Crippen molar-refractivity contribution in [1.82, 2.24) is 0 Å². The van der Waals surface area contributed by atoms with E-state index in [1.165, 1.54) is 5.01 Å². The number of anilines is 1. The molecule has 1 aromatic carbocycles. The average Bonchev–Trinajstić information content (AvgIpc) is 2.45. The molecule has 5 heteroatoms. The van der Waals surface area contributed by atoms with Crippen molar-refractivity contribution in [3.63, 3.8) is 0 Å². The molecule has 0 N–H and O–H groups in total. The van der Waals surface area contributed by atoms with Gasteiger partial charge in [-0.15, -0.1) is 0 Å². The highest BCUT2D eigenvalue weighted by atomic mass is 79.9. The van der Waals surface area contributed by atoms with Gasteiger partial charge in [-0.2, -0.15) is 10.1 Å². The third-order valence-electron chi connectivity index (χ3n) is 2.05. The molecule has 0 atom stereocenters. The van der Waals surface area contributed by atoms with Crippen LogP contribution in [0, 0.1) is 0 Å². The number of carbonyl (C=O) groups excluding carboxylic acids is 1. The molecule has 1 heterocycles. The summed E-state index contributed by atoms with van der Waals surface area (Å²) in [6.07, 6.45) is 0.405. The molecule has 1 aromatic rings. The molecule has 3 nitrogen and oxygen atoms in total. The zero-order valence-electron chi connectivity index (χ0n) is 8.00. The first kappa shape index (κ1) is 10.8. The summed E-state index contributed by atoms with van der Waals surface area (Å²) in [4.78, 5) is 11.6. The van der Waals surface area contributed by atoms with Crippen molar-refractivity contribution in [2.24, 2.45) is 5.10 Å². The molecule has 78 valence electrons. The van der Waals surface area contributed by atoms with Gasteiger partial charge in [-0.25, -0.2) is 0 Å². The van der Waals surface area contributed by atoms with Crippen LogP contribution in [0.4, 0.5) is 5.69 Å². The van der Waals surface area contributed by atoms with E-state index in [1.54, 1.807) is 0 Å². The van der Waals surface area contributed by atoms with Gasteiger partial charge >= 0.3 is 0 Å². The van der Waals surface area contributed by atoms with E-state index in [4.69, 9.17) is 0 Å². The van der Waals surface area contributed by atoms with Gasteiger partial charge in [-0.3, -0.25) is 4.79 Å². The van der Waals surface area contributed by atoms with Crippen molar-refractivity contribution in [1.29, 1.82) is 0 Å².